The Kier molecular flexibility index (Phi) is 8.24. The molecule has 0 spiro atoms. The normalized spacial score (nSPS) is 16.1. The summed E-state index contributed by atoms with van der Waals surface area (Å²) in [5.74, 6) is 0. The van der Waals surface area contributed by atoms with Crippen molar-refractivity contribution in [3.63, 3.8) is 0 Å². The fourth-order valence-corrected chi connectivity index (χ4v) is 2.89. The SMILES string of the molecule is Cl.Clc1ccc(SC2CCNCC2)cc1.O. The zero-order valence-electron chi connectivity index (χ0n) is 8.91. The Bertz CT molecular complexity index is 289. The molecule has 1 aromatic rings. The molecule has 0 atom stereocenters. The molecule has 16 heavy (non-hydrogen) atoms. The van der Waals surface area contributed by atoms with Crippen LogP contribution in [0.5, 0.6) is 0 Å². The number of nitrogens with one attached hydrogen (secondary N) is 1. The second-order valence-electron chi connectivity index (χ2n) is 3.52. The van der Waals surface area contributed by atoms with Crippen molar-refractivity contribution in [3.8, 4) is 0 Å². The van der Waals surface area contributed by atoms with E-state index in [1.54, 1.807) is 0 Å². The van der Waals surface area contributed by atoms with E-state index in [2.05, 4.69) is 17.4 Å². The number of hydrogen-bond donors (Lipinski definition) is 1. The number of piperidine rings is 1. The fourth-order valence-electron chi connectivity index (χ4n) is 1.62. The predicted molar refractivity (Wildman–Crippen MR) is 74.1 cm³/mol. The van der Waals surface area contributed by atoms with Crippen molar-refractivity contribution >= 4 is 35.8 Å². The van der Waals surface area contributed by atoms with E-state index in [1.165, 1.54) is 17.7 Å². The maximum absolute atomic E-state index is 5.84. The Hall–Kier alpha value is 0.0700. The summed E-state index contributed by atoms with van der Waals surface area (Å²) in [5.41, 5.74) is 0. The van der Waals surface area contributed by atoms with Gasteiger partial charge in [-0.1, -0.05) is 11.6 Å². The standard InChI is InChI=1S/C11H14ClNS.ClH.H2O/c12-9-1-3-10(4-2-9)14-11-5-7-13-8-6-11;;/h1-4,11,13H,5-8H2;1H;1H2. The second kappa shape index (κ2) is 8.20. The fraction of sp³-hybridized carbons (Fsp3) is 0.455. The molecule has 1 fully saturated rings. The van der Waals surface area contributed by atoms with Crippen LogP contribution in [-0.4, -0.2) is 23.8 Å². The van der Waals surface area contributed by atoms with Crippen LogP contribution < -0.4 is 5.32 Å². The summed E-state index contributed by atoms with van der Waals surface area (Å²) in [6.07, 6.45) is 2.54. The molecule has 0 aromatic heterocycles. The summed E-state index contributed by atoms with van der Waals surface area (Å²) < 4.78 is 0. The number of benzene rings is 1. The summed E-state index contributed by atoms with van der Waals surface area (Å²) in [6.45, 7) is 2.32. The van der Waals surface area contributed by atoms with Crippen LogP contribution >= 0.6 is 35.8 Å². The van der Waals surface area contributed by atoms with Gasteiger partial charge in [-0.3, -0.25) is 0 Å². The van der Waals surface area contributed by atoms with Crippen LogP contribution in [0.15, 0.2) is 29.2 Å². The lowest BCUT2D eigenvalue weighted by Crippen LogP contribution is -2.29. The van der Waals surface area contributed by atoms with Crippen LogP contribution in [0.1, 0.15) is 12.8 Å². The number of thioether (sulfide) groups is 1. The molecule has 0 unspecified atom stereocenters. The molecule has 1 aromatic carbocycles. The average molecular weight is 282 g/mol. The molecule has 0 radical (unpaired) electrons. The van der Waals surface area contributed by atoms with Gasteiger partial charge in [0.1, 0.15) is 0 Å². The van der Waals surface area contributed by atoms with Crippen LogP contribution in [-0.2, 0) is 0 Å². The molecule has 5 heteroatoms. The van der Waals surface area contributed by atoms with Crippen LogP contribution in [0.2, 0.25) is 5.02 Å². The molecule has 92 valence electrons. The van der Waals surface area contributed by atoms with Crippen molar-refractivity contribution in [1.82, 2.24) is 5.32 Å². The highest BCUT2D eigenvalue weighted by atomic mass is 35.5. The van der Waals surface area contributed by atoms with Gasteiger partial charge >= 0.3 is 0 Å². The van der Waals surface area contributed by atoms with Crippen molar-refractivity contribution in [2.24, 2.45) is 0 Å². The van der Waals surface area contributed by atoms with Gasteiger partial charge in [-0.05, 0) is 50.2 Å². The van der Waals surface area contributed by atoms with Crippen molar-refractivity contribution in [2.45, 2.75) is 23.0 Å². The topological polar surface area (TPSA) is 43.5 Å². The highest BCUT2D eigenvalue weighted by Crippen LogP contribution is 2.29. The van der Waals surface area contributed by atoms with E-state index < -0.39 is 0 Å². The highest BCUT2D eigenvalue weighted by molar-refractivity contribution is 8.00. The molecule has 1 aliphatic rings. The third-order valence-electron chi connectivity index (χ3n) is 2.40. The summed E-state index contributed by atoms with van der Waals surface area (Å²) in [6, 6.07) is 8.14. The van der Waals surface area contributed by atoms with Crippen LogP contribution in [0.3, 0.4) is 0 Å². The van der Waals surface area contributed by atoms with Gasteiger partial charge in [-0.15, -0.1) is 24.2 Å². The largest absolute Gasteiger partial charge is 0.412 e. The minimum absolute atomic E-state index is 0. The van der Waals surface area contributed by atoms with Crippen LogP contribution in [0.25, 0.3) is 0 Å². The van der Waals surface area contributed by atoms with Crippen LogP contribution in [0, 0.1) is 0 Å². The Labute approximate surface area is 112 Å². The quantitative estimate of drug-likeness (QED) is 0.906. The van der Waals surface area contributed by atoms with E-state index in [9.17, 15) is 0 Å². The summed E-state index contributed by atoms with van der Waals surface area (Å²) in [4.78, 5) is 1.33. The molecule has 0 bridgehead atoms. The lowest BCUT2D eigenvalue weighted by molar-refractivity contribution is 0.531. The first-order chi connectivity index (χ1) is 6.84. The molecule has 3 N–H and O–H groups in total. The summed E-state index contributed by atoms with van der Waals surface area (Å²) in [7, 11) is 0. The minimum atomic E-state index is 0. The van der Waals surface area contributed by atoms with E-state index in [0.29, 0.717) is 0 Å². The van der Waals surface area contributed by atoms with Gasteiger partial charge in [-0.25, -0.2) is 0 Å². The molecule has 2 rings (SSSR count). The molecular formula is C11H17Cl2NOS. The van der Waals surface area contributed by atoms with Crippen molar-refractivity contribution in [3.05, 3.63) is 29.3 Å². The van der Waals surface area contributed by atoms with Crippen molar-refractivity contribution in [1.29, 1.82) is 0 Å². The van der Waals surface area contributed by atoms with Gasteiger partial charge in [-0.2, -0.15) is 0 Å². The summed E-state index contributed by atoms with van der Waals surface area (Å²) >= 11 is 7.81. The molecular weight excluding hydrogens is 265 g/mol. The molecule has 0 amide bonds. The molecule has 2 nitrogen and oxygen atoms in total. The molecule has 1 aliphatic heterocycles. The van der Waals surface area contributed by atoms with Crippen molar-refractivity contribution < 1.29 is 5.48 Å². The molecule has 0 saturated carbocycles. The average Bonchev–Trinajstić information content (AvgIpc) is 2.23. The van der Waals surface area contributed by atoms with Crippen LogP contribution in [0.4, 0.5) is 0 Å². The lowest BCUT2D eigenvalue weighted by atomic mass is 10.2. The van der Waals surface area contributed by atoms with E-state index in [-0.39, 0.29) is 17.9 Å². The van der Waals surface area contributed by atoms with Gasteiger partial charge in [0.15, 0.2) is 0 Å². The highest BCUT2D eigenvalue weighted by Gasteiger charge is 2.13. The van der Waals surface area contributed by atoms with E-state index in [1.807, 2.05) is 23.9 Å². The summed E-state index contributed by atoms with van der Waals surface area (Å²) in [5, 5.41) is 4.97. The van der Waals surface area contributed by atoms with E-state index in [4.69, 9.17) is 11.6 Å². The molecule has 0 aliphatic carbocycles. The number of halogens is 2. The smallest absolute Gasteiger partial charge is 0.0406 e. The first-order valence-electron chi connectivity index (χ1n) is 4.97. The van der Waals surface area contributed by atoms with Gasteiger partial charge in [0.2, 0.25) is 0 Å². The zero-order chi connectivity index (χ0) is 9.80. The Balaban J connectivity index is 0.00000112. The monoisotopic (exact) mass is 281 g/mol. The maximum Gasteiger partial charge on any atom is 0.0406 e. The third kappa shape index (κ3) is 4.93. The Morgan fingerprint density at radius 3 is 2.25 bits per heavy atom. The molecule has 1 saturated heterocycles. The zero-order valence-corrected chi connectivity index (χ0v) is 11.3. The Morgan fingerprint density at radius 2 is 1.69 bits per heavy atom. The van der Waals surface area contributed by atoms with Gasteiger partial charge in [0, 0.05) is 15.2 Å². The number of rotatable bonds is 2. The van der Waals surface area contributed by atoms with Crippen molar-refractivity contribution in [2.75, 3.05) is 13.1 Å². The number of hydrogen-bond acceptors (Lipinski definition) is 2. The van der Waals surface area contributed by atoms with Gasteiger partial charge < -0.3 is 10.8 Å². The first-order valence-corrected chi connectivity index (χ1v) is 6.23. The lowest BCUT2D eigenvalue weighted by Gasteiger charge is -2.21. The van der Waals surface area contributed by atoms with E-state index in [0.717, 1.165) is 23.4 Å². The first kappa shape index (κ1) is 16.1. The van der Waals surface area contributed by atoms with E-state index >= 15 is 0 Å². The van der Waals surface area contributed by atoms with Gasteiger partial charge in [0.05, 0.1) is 0 Å². The molecule has 1 heterocycles. The third-order valence-corrected chi connectivity index (χ3v) is 4.00. The Morgan fingerprint density at radius 1 is 1.12 bits per heavy atom. The maximum atomic E-state index is 5.84. The van der Waals surface area contributed by atoms with Gasteiger partial charge in [0.25, 0.3) is 0 Å². The second-order valence-corrected chi connectivity index (χ2v) is 5.33. The minimum Gasteiger partial charge on any atom is -0.412 e. The predicted octanol–water partition coefficient (Wildman–Crippen LogP) is 2.78.